The van der Waals surface area contributed by atoms with Crippen LogP contribution in [0.15, 0.2) is 53.4 Å². The molecule has 1 atom stereocenters. The van der Waals surface area contributed by atoms with E-state index in [1.54, 1.807) is 12.1 Å². The summed E-state index contributed by atoms with van der Waals surface area (Å²) in [5, 5.41) is 8.82. The van der Waals surface area contributed by atoms with Gasteiger partial charge >= 0.3 is 6.18 Å². The van der Waals surface area contributed by atoms with Crippen LogP contribution in [-0.2, 0) is 14.8 Å². The second-order valence-electron chi connectivity index (χ2n) is 5.99. The zero-order valence-electron chi connectivity index (χ0n) is 14.2. The zero-order chi connectivity index (χ0) is 20.5. The van der Waals surface area contributed by atoms with Crippen molar-refractivity contribution in [3.63, 3.8) is 0 Å². The third-order valence-corrected chi connectivity index (χ3v) is 6.01. The summed E-state index contributed by atoms with van der Waals surface area (Å²) < 4.78 is 68.3. The minimum atomic E-state index is -4.50. The van der Waals surface area contributed by atoms with Crippen molar-refractivity contribution in [3.8, 4) is 5.75 Å². The number of halogens is 3. The van der Waals surface area contributed by atoms with Crippen molar-refractivity contribution in [2.45, 2.75) is 23.5 Å². The van der Waals surface area contributed by atoms with Gasteiger partial charge in [0, 0.05) is 0 Å². The normalized spacial score (nSPS) is 17.9. The first-order chi connectivity index (χ1) is 13.1. The van der Waals surface area contributed by atoms with E-state index in [-0.39, 0.29) is 22.8 Å². The Kier molecular flexibility index (Phi) is 5.22. The highest BCUT2D eigenvalue weighted by Gasteiger charge is 2.43. The molecule has 1 unspecified atom stereocenters. The average molecular weight is 416 g/mol. The third-order valence-electron chi connectivity index (χ3n) is 4.10. The molecule has 1 amide bonds. The van der Waals surface area contributed by atoms with E-state index < -0.39 is 34.8 Å². The molecule has 0 fully saturated rings. The summed E-state index contributed by atoms with van der Waals surface area (Å²) in [6.45, 7) is -1.47. The first kappa shape index (κ1) is 20.0. The van der Waals surface area contributed by atoms with Gasteiger partial charge in [-0.25, -0.2) is 13.9 Å². The number of hydroxylamine groups is 1. The van der Waals surface area contributed by atoms with Crippen LogP contribution in [0.25, 0.3) is 0 Å². The number of fused-ring (bicyclic) bond motifs is 1. The largest absolute Gasteiger partial charge is 0.484 e. The Hall–Kier alpha value is -2.79. The number of hydrogen-bond acceptors (Lipinski definition) is 5. The summed E-state index contributed by atoms with van der Waals surface area (Å²) >= 11 is 0. The Morgan fingerprint density at radius 2 is 1.79 bits per heavy atom. The number of nitrogens with zero attached hydrogens (tertiary/aromatic N) is 1. The Bertz CT molecular complexity index is 977. The summed E-state index contributed by atoms with van der Waals surface area (Å²) in [6.07, 6.45) is -4.85. The van der Waals surface area contributed by atoms with Crippen LogP contribution in [-0.4, -0.2) is 32.3 Å². The van der Waals surface area contributed by atoms with Crippen LogP contribution in [0.3, 0.4) is 0 Å². The summed E-state index contributed by atoms with van der Waals surface area (Å²) in [5.74, 6) is -0.869. The van der Waals surface area contributed by atoms with Gasteiger partial charge < -0.3 is 4.74 Å². The highest BCUT2D eigenvalue weighted by atomic mass is 32.2. The fraction of sp³-hybridized carbons (Fsp3) is 0.235. The van der Waals surface area contributed by atoms with E-state index in [0.717, 1.165) is 4.31 Å². The molecule has 0 saturated heterocycles. The molecule has 0 radical (unpaired) electrons. The number of sulfonamides is 1. The molecule has 2 N–H and O–H groups in total. The van der Waals surface area contributed by atoms with Crippen molar-refractivity contribution in [1.82, 2.24) is 5.48 Å². The van der Waals surface area contributed by atoms with Gasteiger partial charge in [0.05, 0.1) is 23.0 Å². The van der Waals surface area contributed by atoms with Crippen LogP contribution in [0.2, 0.25) is 0 Å². The first-order valence-electron chi connectivity index (χ1n) is 7.99. The number of rotatable bonds is 5. The molecule has 3 rings (SSSR count). The van der Waals surface area contributed by atoms with Gasteiger partial charge in [0.2, 0.25) is 5.91 Å². The highest BCUT2D eigenvalue weighted by molar-refractivity contribution is 7.93. The number of hydrogen-bond donors (Lipinski definition) is 2. The Morgan fingerprint density at radius 1 is 1.14 bits per heavy atom. The number of nitrogens with one attached hydrogen (secondary N) is 1. The maximum Gasteiger partial charge on any atom is 0.422 e. The molecule has 28 heavy (non-hydrogen) atoms. The van der Waals surface area contributed by atoms with Gasteiger partial charge in [-0.15, -0.1) is 0 Å². The summed E-state index contributed by atoms with van der Waals surface area (Å²) in [4.78, 5) is 11.7. The van der Waals surface area contributed by atoms with E-state index in [2.05, 4.69) is 4.74 Å². The van der Waals surface area contributed by atoms with Gasteiger partial charge in [-0.2, -0.15) is 13.2 Å². The molecule has 1 aliphatic heterocycles. The highest BCUT2D eigenvalue weighted by Crippen LogP contribution is 2.44. The van der Waals surface area contributed by atoms with Crippen molar-refractivity contribution in [1.29, 1.82) is 0 Å². The molecule has 7 nitrogen and oxygen atoms in total. The van der Waals surface area contributed by atoms with E-state index in [4.69, 9.17) is 5.21 Å². The van der Waals surface area contributed by atoms with Crippen LogP contribution in [0.5, 0.6) is 5.75 Å². The fourth-order valence-corrected chi connectivity index (χ4v) is 4.86. The third kappa shape index (κ3) is 3.90. The van der Waals surface area contributed by atoms with Crippen LogP contribution >= 0.6 is 0 Å². The standard InChI is InChI=1S/C17H15F3N2O5S/c18-17(19,20)10-27-12-7-5-11(6-8-12)22-14(9-16(23)21-24)13-3-1-2-4-15(13)28(22,25)26/h1-8,14,24H,9-10H2,(H,21,23). The lowest BCUT2D eigenvalue weighted by Crippen LogP contribution is -2.32. The van der Waals surface area contributed by atoms with Crippen molar-refractivity contribution < 1.29 is 36.3 Å². The van der Waals surface area contributed by atoms with Gasteiger partial charge in [0.15, 0.2) is 6.61 Å². The molecule has 0 saturated carbocycles. The van der Waals surface area contributed by atoms with E-state index >= 15 is 0 Å². The maximum atomic E-state index is 13.0. The molecule has 0 aliphatic carbocycles. The second-order valence-corrected chi connectivity index (χ2v) is 7.77. The fourth-order valence-electron chi connectivity index (χ4n) is 2.98. The predicted molar refractivity (Wildman–Crippen MR) is 91.4 cm³/mol. The molecule has 0 aromatic heterocycles. The molecule has 0 spiro atoms. The van der Waals surface area contributed by atoms with Gasteiger partial charge in [0.25, 0.3) is 10.0 Å². The van der Waals surface area contributed by atoms with Crippen LogP contribution in [0.1, 0.15) is 18.0 Å². The monoisotopic (exact) mass is 416 g/mol. The van der Waals surface area contributed by atoms with Crippen LogP contribution < -0.4 is 14.5 Å². The number of ether oxygens (including phenoxy) is 1. The maximum absolute atomic E-state index is 13.0. The lowest BCUT2D eigenvalue weighted by Gasteiger charge is -2.25. The quantitative estimate of drug-likeness (QED) is 0.577. The van der Waals surface area contributed by atoms with Gasteiger partial charge in [-0.05, 0) is 35.9 Å². The Morgan fingerprint density at radius 3 is 2.39 bits per heavy atom. The van der Waals surface area contributed by atoms with Crippen LogP contribution in [0.4, 0.5) is 18.9 Å². The van der Waals surface area contributed by atoms with Crippen molar-refractivity contribution >= 4 is 21.6 Å². The number of carbonyl (C=O) groups excluding carboxylic acids is 1. The summed E-state index contributed by atoms with van der Waals surface area (Å²) in [6, 6.07) is 10.2. The van der Waals surface area contributed by atoms with Gasteiger partial charge in [0.1, 0.15) is 5.75 Å². The molecular formula is C17H15F3N2O5S. The number of anilines is 1. The smallest absolute Gasteiger partial charge is 0.422 e. The minimum absolute atomic E-state index is 0.0168. The lowest BCUT2D eigenvalue weighted by molar-refractivity contribution is -0.153. The van der Waals surface area contributed by atoms with E-state index in [9.17, 15) is 26.4 Å². The number of amides is 1. The second kappa shape index (κ2) is 7.32. The Labute approximate surface area is 158 Å². The average Bonchev–Trinajstić information content (AvgIpc) is 2.87. The zero-order valence-corrected chi connectivity index (χ0v) is 15.0. The molecule has 150 valence electrons. The summed E-state index contributed by atoms with van der Waals surface area (Å²) in [7, 11) is -4.00. The summed E-state index contributed by atoms with van der Waals surface area (Å²) in [5.41, 5.74) is 2.00. The van der Waals surface area contributed by atoms with E-state index in [1.165, 1.54) is 41.9 Å². The molecule has 1 aliphatic rings. The lowest BCUT2D eigenvalue weighted by atomic mass is 10.0. The number of benzene rings is 2. The predicted octanol–water partition coefficient (Wildman–Crippen LogP) is 2.77. The topological polar surface area (TPSA) is 95.9 Å². The molecule has 1 heterocycles. The van der Waals surface area contributed by atoms with Crippen molar-refractivity contribution in [3.05, 3.63) is 54.1 Å². The van der Waals surface area contributed by atoms with Gasteiger partial charge in [-0.3, -0.25) is 14.3 Å². The molecule has 0 bridgehead atoms. The molecular weight excluding hydrogens is 401 g/mol. The van der Waals surface area contributed by atoms with Crippen molar-refractivity contribution in [2.24, 2.45) is 0 Å². The Balaban J connectivity index is 1.95. The van der Waals surface area contributed by atoms with Crippen LogP contribution in [0, 0.1) is 0 Å². The van der Waals surface area contributed by atoms with Crippen molar-refractivity contribution in [2.75, 3.05) is 10.9 Å². The molecule has 2 aromatic rings. The number of alkyl halides is 3. The van der Waals surface area contributed by atoms with E-state index in [1.807, 2.05) is 0 Å². The minimum Gasteiger partial charge on any atom is -0.484 e. The number of carbonyl (C=O) groups is 1. The first-order valence-corrected chi connectivity index (χ1v) is 9.43. The molecule has 2 aromatic carbocycles. The SMILES string of the molecule is O=C(CC1c2ccccc2S(=O)(=O)N1c1ccc(OCC(F)(F)F)cc1)NO. The van der Waals surface area contributed by atoms with Gasteiger partial charge in [-0.1, -0.05) is 18.2 Å². The molecule has 11 heteroatoms. The van der Waals surface area contributed by atoms with E-state index in [0.29, 0.717) is 5.56 Å².